The summed E-state index contributed by atoms with van der Waals surface area (Å²) in [5.74, 6) is -0.600. The topological polar surface area (TPSA) is 81.1 Å². The van der Waals surface area contributed by atoms with E-state index in [1.807, 2.05) is 0 Å². The number of alkyl halides is 2. The van der Waals surface area contributed by atoms with Gasteiger partial charge in [-0.05, 0) is 18.2 Å². The number of aryl methyl sites for hydroxylation is 1. The van der Waals surface area contributed by atoms with Crippen molar-refractivity contribution >= 4 is 27.1 Å². The molecule has 0 saturated heterocycles. The summed E-state index contributed by atoms with van der Waals surface area (Å²) in [6.45, 7) is 0.0968. The summed E-state index contributed by atoms with van der Waals surface area (Å²) < 4.78 is 49.1. The number of amides is 1. The van der Waals surface area contributed by atoms with Crippen LogP contribution in [-0.4, -0.2) is 30.4 Å². The Morgan fingerprint density at radius 2 is 2.14 bits per heavy atom. The molecule has 0 radical (unpaired) electrons. The minimum absolute atomic E-state index is 0.0968. The van der Waals surface area contributed by atoms with Crippen molar-refractivity contribution in [2.75, 3.05) is 6.26 Å². The monoisotopic (exact) mass is 349 g/mol. The summed E-state index contributed by atoms with van der Waals surface area (Å²) in [4.78, 5) is 12.5. The molecule has 2 heterocycles. The molecule has 2 aromatic rings. The molecule has 1 N–H and O–H groups in total. The highest BCUT2D eigenvalue weighted by atomic mass is 32.2. The van der Waals surface area contributed by atoms with Crippen LogP contribution in [0.4, 0.5) is 8.78 Å². The number of halogens is 2. The van der Waals surface area contributed by atoms with Crippen LogP contribution in [0.25, 0.3) is 0 Å². The summed E-state index contributed by atoms with van der Waals surface area (Å²) in [6.07, 6.45) is -1.62. The third-order valence-corrected chi connectivity index (χ3v) is 5.70. The Morgan fingerprint density at radius 1 is 1.45 bits per heavy atom. The van der Waals surface area contributed by atoms with E-state index in [9.17, 15) is 22.0 Å². The van der Waals surface area contributed by atoms with E-state index in [0.29, 0.717) is 4.88 Å². The summed E-state index contributed by atoms with van der Waals surface area (Å²) in [5.41, 5.74) is -0.460. The summed E-state index contributed by atoms with van der Waals surface area (Å²) in [7, 11) is -1.95. The average Bonchev–Trinajstić information content (AvgIpc) is 3.01. The number of sulfone groups is 1. The van der Waals surface area contributed by atoms with Gasteiger partial charge in [0.05, 0.1) is 6.54 Å². The van der Waals surface area contributed by atoms with Crippen molar-refractivity contribution in [1.82, 2.24) is 15.1 Å². The van der Waals surface area contributed by atoms with Gasteiger partial charge in [0.2, 0.25) is 0 Å². The molecular formula is C12H13F2N3O3S2. The zero-order valence-corrected chi connectivity index (χ0v) is 13.3. The first-order valence-electron chi connectivity index (χ1n) is 6.07. The highest BCUT2D eigenvalue weighted by Gasteiger charge is 2.18. The molecule has 2 aromatic heterocycles. The molecule has 1 amide bonds. The van der Waals surface area contributed by atoms with Crippen LogP contribution < -0.4 is 5.32 Å². The Hall–Kier alpha value is -1.81. The fourth-order valence-corrected chi connectivity index (χ4v) is 3.62. The molecule has 10 heteroatoms. The van der Waals surface area contributed by atoms with E-state index in [1.165, 1.54) is 13.1 Å². The smallest absolute Gasteiger partial charge is 0.280 e. The van der Waals surface area contributed by atoms with E-state index in [0.717, 1.165) is 28.3 Å². The predicted molar refractivity (Wildman–Crippen MR) is 76.8 cm³/mol. The number of nitrogens with zero attached hydrogens (tertiary/aromatic N) is 2. The zero-order chi connectivity index (χ0) is 16.5. The standard InChI is InChI=1S/C12H13F2N3O3S2/c1-17-9(11(13)14)5-8(16-17)12(18)15-6-7-3-4-10(21-7)22(2,19)20/h3-5,11H,6H2,1-2H3,(H,15,18). The maximum absolute atomic E-state index is 12.6. The van der Waals surface area contributed by atoms with Crippen LogP contribution in [0.3, 0.4) is 0 Å². The predicted octanol–water partition coefficient (Wildman–Crippen LogP) is 1.75. The number of nitrogens with one attached hydrogen (secondary N) is 1. The van der Waals surface area contributed by atoms with Crippen LogP contribution in [0.15, 0.2) is 22.4 Å². The first-order chi connectivity index (χ1) is 10.2. The van der Waals surface area contributed by atoms with Crippen LogP contribution in [0.5, 0.6) is 0 Å². The van der Waals surface area contributed by atoms with Crippen LogP contribution in [-0.2, 0) is 23.4 Å². The van der Waals surface area contributed by atoms with Crippen molar-refractivity contribution in [2.45, 2.75) is 17.2 Å². The van der Waals surface area contributed by atoms with Gasteiger partial charge in [-0.15, -0.1) is 11.3 Å². The van der Waals surface area contributed by atoms with Gasteiger partial charge in [-0.3, -0.25) is 9.48 Å². The van der Waals surface area contributed by atoms with Crippen molar-refractivity contribution in [2.24, 2.45) is 7.05 Å². The molecule has 120 valence electrons. The normalized spacial score (nSPS) is 11.9. The molecule has 0 aliphatic carbocycles. The highest BCUT2D eigenvalue weighted by molar-refractivity contribution is 7.92. The number of carbonyl (C=O) groups is 1. The lowest BCUT2D eigenvalue weighted by Gasteiger charge is -2.00. The van der Waals surface area contributed by atoms with E-state index >= 15 is 0 Å². The molecule has 2 rings (SSSR count). The number of thiophene rings is 1. The van der Waals surface area contributed by atoms with Gasteiger partial charge in [0.25, 0.3) is 12.3 Å². The van der Waals surface area contributed by atoms with Crippen molar-refractivity contribution in [3.05, 3.63) is 34.5 Å². The average molecular weight is 349 g/mol. The van der Waals surface area contributed by atoms with E-state index in [2.05, 4.69) is 10.4 Å². The Morgan fingerprint density at radius 3 is 2.64 bits per heavy atom. The molecule has 0 fully saturated rings. The second-order valence-electron chi connectivity index (χ2n) is 4.55. The maximum atomic E-state index is 12.6. The van der Waals surface area contributed by atoms with Gasteiger partial charge < -0.3 is 5.32 Å². The van der Waals surface area contributed by atoms with Gasteiger partial charge in [-0.2, -0.15) is 5.10 Å². The van der Waals surface area contributed by atoms with Gasteiger partial charge in [-0.1, -0.05) is 0 Å². The maximum Gasteiger partial charge on any atom is 0.280 e. The summed E-state index contributed by atoms with van der Waals surface area (Å²) in [6, 6.07) is 4.07. The van der Waals surface area contributed by atoms with Gasteiger partial charge >= 0.3 is 0 Å². The van der Waals surface area contributed by atoms with Gasteiger partial charge in [0.15, 0.2) is 15.5 Å². The number of hydrogen-bond donors (Lipinski definition) is 1. The van der Waals surface area contributed by atoms with Crippen molar-refractivity contribution in [1.29, 1.82) is 0 Å². The summed E-state index contributed by atoms with van der Waals surface area (Å²) in [5, 5.41) is 6.24. The van der Waals surface area contributed by atoms with Crippen molar-refractivity contribution in [3.63, 3.8) is 0 Å². The Kier molecular flexibility index (Phi) is 4.61. The van der Waals surface area contributed by atoms with Gasteiger partial charge in [-0.25, -0.2) is 17.2 Å². The fourth-order valence-electron chi connectivity index (χ4n) is 1.71. The third-order valence-electron chi connectivity index (χ3n) is 2.80. The van der Waals surface area contributed by atoms with E-state index in [4.69, 9.17) is 0 Å². The molecule has 0 aliphatic rings. The second kappa shape index (κ2) is 6.13. The van der Waals surface area contributed by atoms with Crippen molar-refractivity contribution in [3.8, 4) is 0 Å². The molecular weight excluding hydrogens is 336 g/mol. The first kappa shape index (κ1) is 16.6. The molecule has 0 atom stereocenters. The molecule has 0 saturated carbocycles. The second-order valence-corrected chi connectivity index (χ2v) is 7.97. The Labute approximate surface area is 129 Å². The lowest BCUT2D eigenvalue weighted by molar-refractivity contribution is 0.0945. The summed E-state index contributed by atoms with van der Waals surface area (Å²) >= 11 is 1.04. The Bertz CT molecular complexity index is 796. The van der Waals surface area contributed by atoms with E-state index < -0.39 is 22.2 Å². The number of carbonyl (C=O) groups excluding carboxylic acids is 1. The minimum atomic E-state index is -3.28. The fraction of sp³-hybridized carbons (Fsp3) is 0.333. The lowest BCUT2D eigenvalue weighted by atomic mass is 10.3. The van der Waals surface area contributed by atoms with E-state index in [1.54, 1.807) is 6.07 Å². The van der Waals surface area contributed by atoms with Crippen LogP contribution in [0.2, 0.25) is 0 Å². The van der Waals surface area contributed by atoms with Gasteiger partial charge in [0, 0.05) is 18.2 Å². The quantitative estimate of drug-likeness (QED) is 0.892. The molecule has 22 heavy (non-hydrogen) atoms. The zero-order valence-electron chi connectivity index (χ0n) is 11.7. The molecule has 0 spiro atoms. The van der Waals surface area contributed by atoms with E-state index in [-0.39, 0.29) is 22.1 Å². The third kappa shape index (κ3) is 3.69. The number of rotatable bonds is 5. The molecule has 0 unspecified atom stereocenters. The molecule has 0 aliphatic heterocycles. The Balaban J connectivity index is 2.04. The first-order valence-corrected chi connectivity index (χ1v) is 8.78. The highest BCUT2D eigenvalue weighted by Crippen LogP contribution is 2.22. The molecule has 6 nitrogen and oxygen atoms in total. The largest absolute Gasteiger partial charge is 0.346 e. The van der Waals surface area contributed by atoms with Crippen molar-refractivity contribution < 1.29 is 22.0 Å². The number of aromatic nitrogens is 2. The van der Waals surface area contributed by atoms with Crippen LogP contribution in [0.1, 0.15) is 27.5 Å². The van der Waals surface area contributed by atoms with Crippen LogP contribution in [0, 0.1) is 0 Å². The SMILES string of the molecule is Cn1nc(C(=O)NCc2ccc(S(C)(=O)=O)s2)cc1C(F)F. The molecule has 0 bridgehead atoms. The molecule has 0 aromatic carbocycles. The lowest BCUT2D eigenvalue weighted by Crippen LogP contribution is -2.22. The minimum Gasteiger partial charge on any atom is -0.346 e. The van der Waals surface area contributed by atoms with Crippen LogP contribution >= 0.6 is 11.3 Å². The number of hydrogen-bond acceptors (Lipinski definition) is 5. The van der Waals surface area contributed by atoms with Gasteiger partial charge in [0.1, 0.15) is 9.90 Å².